The Balaban J connectivity index is 1.65. The number of nitrogens with zero attached hydrogens (tertiary/aromatic N) is 2. The molecule has 0 aliphatic heterocycles. The minimum Gasteiger partial charge on any atom is -0.468 e. The number of hydrogen-bond acceptors (Lipinski definition) is 4. The maximum Gasteiger partial charge on any atom is 0.287 e. The van der Waals surface area contributed by atoms with Crippen molar-refractivity contribution in [1.82, 2.24) is 15.1 Å². The van der Waals surface area contributed by atoms with Crippen LogP contribution in [0.5, 0.6) is 5.95 Å². The number of benzene rings is 1. The zero-order valence-electron chi connectivity index (χ0n) is 16.0. The van der Waals surface area contributed by atoms with Crippen LogP contribution in [0.1, 0.15) is 48.1 Å². The van der Waals surface area contributed by atoms with Crippen molar-refractivity contribution in [2.75, 3.05) is 7.11 Å². The quantitative estimate of drug-likeness (QED) is 0.738. The number of carbonyl (C=O) groups excluding carboxylic acids is 1. The smallest absolute Gasteiger partial charge is 0.287 e. The van der Waals surface area contributed by atoms with Crippen molar-refractivity contribution in [3.05, 3.63) is 65.4 Å². The van der Waals surface area contributed by atoms with Gasteiger partial charge < -0.3 is 14.5 Å². The maximum atomic E-state index is 13.3. The summed E-state index contributed by atoms with van der Waals surface area (Å²) in [5.41, 5.74) is 2.74. The molecule has 0 radical (unpaired) electrons. The van der Waals surface area contributed by atoms with E-state index < -0.39 is 0 Å². The molecule has 2 heterocycles. The molecule has 2 aromatic heterocycles. The van der Waals surface area contributed by atoms with Crippen LogP contribution in [0.25, 0.3) is 5.69 Å². The van der Waals surface area contributed by atoms with E-state index in [1.165, 1.54) is 19.2 Å². The lowest BCUT2D eigenvalue weighted by Gasteiger charge is -2.35. The van der Waals surface area contributed by atoms with E-state index in [0.29, 0.717) is 5.95 Å². The number of carbonyl (C=O) groups is 1. The van der Waals surface area contributed by atoms with Gasteiger partial charge in [-0.25, -0.2) is 9.07 Å². The molecule has 1 aliphatic carbocycles. The van der Waals surface area contributed by atoms with Gasteiger partial charge in [0.15, 0.2) is 5.76 Å². The Bertz CT molecular complexity index is 1000. The molecule has 1 atom stereocenters. The minimum absolute atomic E-state index is 0.0381. The molecule has 4 rings (SSSR count). The molecule has 0 fully saturated rings. The van der Waals surface area contributed by atoms with Gasteiger partial charge in [-0.3, -0.25) is 4.79 Å². The van der Waals surface area contributed by atoms with Gasteiger partial charge in [0, 0.05) is 11.6 Å². The van der Waals surface area contributed by atoms with Crippen molar-refractivity contribution in [2.45, 2.75) is 32.7 Å². The number of fused-ring (bicyclic) bond motifs is 1. The summed E-state index contributed by atoms with van der Waals surface area (Å²) in [7, 11) is 1.49. The Labute approximate surface area is 162 Å². The number of methoxy groups -OCH3 is 1. The third-order valence-electron chi connectivity index (χ3n) is 5.06. The van der Waals surface area contributed by atoms with Crippen LogP contribution in [0, 0.1) is 11.2 Å². The van der Waals surface area contributed by atoms with E-state index in [-0.39, 0.29) is 28.9 Å². The third-order valence-corrected chi connectivity index (χ3v) is 5.06. The first-order valence-corrected chi connectivity index (χ1v) is 9.14. The van der Waals surface area contributed by atoms with E-state index in [9.17, 15) is 9.18 Å². The van der Waals surface area contributed by atoms with Crippen molar-refractivity contribution < 1.29 is 18.3 Å². The van der Waals surface area contributed by atoms with Gasteiger partial charge in [-0.15, -0.1) is 0 Å². The molecule has 0 saturated heterocycles. The SMILES string of the molecule is COc1ccc(C(=O)N[C@H]2CC(C)(C)Cc3c2cnn3-c2ccc(F)cc2)o1. The van der Waals surface area contributed by atoms with Gasteiger partial charge in [-0.2, -0.15) is 5.10 Å². The van der Waals surface area contributed by atoms with Gasteiger partial charge in [0.1, 0.15) is 5.82 Å². The Morgan fingerprint density at radius 1 is 1.29 bits per heavy atom. The molecule has 146 valence electrons. The van der Waals surface area contributed by atoms with Crippen LogP contribution in [0.4, 0.5) is 4.39 Å². The number of aromatic nitrogens is 2. The first-order valence-electron chi connectivity index (χ1n) is 9.14. The summed E-state index contributed by atoms with van der Waals surface area (Å²) in [5.74, 6) is -0.0951. The molecule has 1 aromatic carbocycles. The van der Waals surface area contributed by atoms with Gasteiger partial charge in [0.25, 0.3) is 11.9 Å². The number of amides is 1. The van der Waals surface area contributed by atoms with Gasteiger partial charge in [-0.05, 0) is 48.6 Å². The molecule has 0 unspecified atom stereocenters. The first-order chi connectivity index (χ1) is 13.4. The van der Waals surface area contributed by atoms with Crippen molar-refractivity contribution in [3.63, 3.8) is 0 Å². The summed E-state index contributed by atoms with van der Waals surface area (Å²) in [4.78, 5) is 12.6. The number of halogens is 1. The molecule has 1 amide bonds. The highest BCUT2D eigenvalue weighted by atomic mass is 19.1. The Morgan fingerprint density at radius 2 is 2.04 bits per heavy atom. The second-order valence-electron chi connectivity index (χ2n) is 7.83. The van der Waals surface area contributed by atoms with Gasteiger partial charge >= 0.3 is 0 Å². The highest BCUT2D eigenvalue weighted by molar-refractivity contribution is 5.91. The first kappa shape index (κ1) is 18.3. The van der Waals surface area contributed by atoms with E-state index in [4.69, 9.17) is 9.15 Å². The standard InChI is InChI=1S/C21H22FN3O3/c1-21(2)10-16(24-20(26)18-8-9-19(27-3)28-18)15-12-23-25(17(15)11-21)14-6-4-13(22)5-7-14/h4-9,12,16H,10-11H2,1-3H3,(H,24,26)/t16-/m0/s1. The fourth-order valence-electron chi connectivity index (χ4n) is 3.76. The summed E-state index contributed by atoms with van der Waals surface area (Å²) in [6.45, 7) is 4.32. The summed E-state index contributed by atoms with van der Waals surface area (Å²) in [6, 6.07) is 9.24. The van der Waals surface area contributed by atoms with Crippen molar-refractivity contribution in [3.8, 4) is 11.6 Å². The molecular formula is C21H22FN3O3. The van der Waals surface area contributed by atoms with Crippen LogP contribution in [0.15, 0.2) is 47.0 Å². The molecule has 3 aromatic rings. The van der Waals surface area contributed by atoms with Gasteiger partial charge in [-0.1, -0.05) is 13.8 Å². The number of nitrogens with one attached hydrogen (secondary N) is 1. The van der Waals surface area contributed by atoms with Crippen LogP contribution in [0.3, 0.4) is 0 Å². The minimum atomic E-state index is -0.300. The Hall–Kier alpha value is -3.09. The van der Waals surface area contributed by atoms with E-state index >= 15 is 0 Å². The van der Waals surface area contributed by atoms with Crippen molar-refractivity contribution in [2.24, 2.45) is 5.41 Å². The van der Waals surface area contributed by atoms with Crippen LogP contribution in [0.2, 0.25) is 0 Å². The monoisotopic (exact) mass is 383 g/mol. The molecule has 0 spiro atoms. The summed E-state index contributed by atoms with van der Waals surface area (Å²) >= 11 is 0. The van der Waals surface area contributed by atoms with E-state index in [1.807, 2.05) is 4.68 Å². The third kappa shape index (κ3) is 3.40. The van der Waals surface area contributed by atoms with Gasteiger partial charge in [0.05, 0.1) is 30.7 Å². The lowest BCUT2D eigenvalue weighted by Crippen LogP contribution is -2.36. The van der Waals surface area contributed by atoms with Crippen molar-refractivity contribution in [1.29, 1.82) is 0 Å². The van der Waals surface area contributed by atoms with Crippen LogP contribution in [-0.2, 0) is 6.42 Å². The van der Waals surface area contributed by atoms with Crippen LogP contribution in [-0.4, -0.2) is 22.8 Å². The molecule has 1 N–H and O–H groups in total. The highest BCUT2D eigenvalue weighted by Gasteiger charge is 2.36. The Kier molecular flexibility index (Phi) is 4.45. The average molecular weight is 383 g/mol. The largest absolute Gasteiger partial charge is 0.468 e. The number of hydrogen-bond donors (Lipinski definition) is 1. The fraction of sp³-hybridized carbons (Fsp3) is 0.333. The summed E-state index contributed by atoms with van der Waals surface area (Å²) < 4.78 is 25.5. The Morgan fingerprint density at radius 3 is 2.71 bits per heavy atom. The van der Waals surface area contributed by atoms with Crippen LogP contribution >= 0.6 is 0 Å². The van der Waals surface area contributed by atoms with E-state index in [1.54, 1.807) is 30.5 Å². The molecule has 0 saturated carbocycles. The predicted octanol–water partition coefficient (Wildman–Crippen LogP) is 4.06. The van der Waals surface area contributed by atoms with E-state index in [2.05, 4.69) is 24.3 Å². The molecule has 0 bridgehead atoms. The lowest BCUT2D eigenvalue weighted by molar-refractivity contribution is 0.0884. The predicted molar refractivity (Wildman–Crippen MR) is 101 cm³/mol. The lowest BCUT2D eigenvalue weighted by atomic mass is 9.74. The topological polar surface area (TPSA) is 69.3 Å². The summed E-state index contributed by atoms with van der Waals surface area (Å²) in [6.07, 6.45) is 3.36. The highest BCUT2D eigenvalue weighted by Crippen LogP contribution is 2.41. The average Bonchev–Trinajstić information content (AvgIpc) is 3.28. The number of rotatable bonds is 4. The zero-order valence-corrected chi connectivity index (χ0v) is 16.0. The van der Waals surface area contributed by atoms with Crippen molar-refractivity contribution >= 4 is 5.91 Å². The normalized spacial score (nSPS) is 17.8. The molecular weight excluding hydrogens is 361 g/mol. The second-order valence-corrected chi connectivity index (χ2v) is 7.83. The van der Waals surface area contributed by atoms with E-state index in [0.717, 1.165) is 29.8 Å². The summed E-state index contributed by atoms with van der Waals surface area (Å²) in [5, 5.41) is 7.57. The molecule has 28 heavy (non-hydrogen) atoms. The zero-order chi connectivity index (χ0) is 19.9. The molecule has 1 aliphatic rings. The maximum absolute atomic E-state index is 13.3. The van der Waals surface area contributed by atoms with Gasteiger partial charge in [0.2, 0.25) is 0 Å². The second kappa shape index (κ2) is 6.82. The number of ether oxygens (including phenoxy) is 1. The molecule has 7 heteroatoms. The fourth-order valence-corrected chi connectivity index (χ4v) is 3.76. The molecule has 6 nitrogen and oxygen atoms in total. The van der Waals surface area contributed by atoms with Crippen LogP contribution < -0.4 is 10.1 Å². The number of furan rings is 1.